The van der Waals surface area contributed by atoms with Gasteiger partial charge in [-0.2, -0.15) is 0 Å². The van der Waals surface area contributed by atoms with Crippen LogP contribution in [-0.4, -0.2) is 321 Å². The predicted molar refractivity (Wildman–Crippen MR) is 378 cm³/mol. The van der Waals surface area contributed by atoms with Crippen molar-refractivity contribution in [3.63, 3.8) is 0 Å². The molecule has 0 aromatic heterocycles. The maximum Gasteiger partial charge on any atom is 0.364 e. The number of aliphatic hydroxyl groups excluding tert-OH is 16. The first-order valence-corrected chi connectivity index (χ1v) is 39.1. The molecule has 5 aliphatic rings. The molecule has 5 aliphatic heterocycles. The summed E-state index contributed by atoms with van der Waals surface area (Å²) >= 11 is 0. The molecule has 107 heavy (non-hydrogen) atoms. The minimum atomic E-state index is -3.08. The third kappa shape index (κ3) is 29.5. The van der Waals surface area contributed by atoms with Gasteiger partial charge in [0.05, 0.1) is 63.9 Å². The standard InChI is InChI=1S/C73H131N3O31/c1-5-7-9-11-13-15-17-19-20-22-24-26-28-30-32-34-52(86)76-44(45(83)33-31-29-27-25-23-21-18-16-14-12-10-8-6-2)40-98-69-62(94)59(91)65(49(38-79)101-69)105-71-63(95)60(92)64(50(39-80)102-71)104-68-54(75-43(4)82)66(106-70-61(93)58(90)56(88)48(37-78)100-70)57(89)51(103-68)41-99-73(72(96)97)35-46(84)53(74-42(3)81)67(107-73)55(87)47(85)36-77/h31,33,44-51,53-71,77-80,83-85,87-95H,5-30,32,34-41H2,1-4H3,(H,74,81)(H,75,82)(H,76,86)(H,96,97)/b33-31+/t44-,45+,46-,47+,48+,49+,50+,51+,53+,54+,55+,56-,57-,58-,59+,60+,61+,62+,63+,64-,65+,66+,67+,68-,69+,70-,71-,73+/m0/s1. The highest BCUT2D eigenvalue weighted by molar-refractivity contribution is 5.77. The number of unbranched alkanes of at least 4 members (excludes halogenated alkanes) is 25. The molecule has 0 aromatic rings. The van der Waals surface area contributed by atoms with Crippen LogP contribution in [0.4, 0.5) is 0 Å². The van der Waals surface area contributed by atoms with Crippen LogP contribution in [0.2, 0.25) is 0 Å². The summed E-state index contributed by atoms with van der Waals surface area (Å²) in [7, 11) is 0. The predicted octanol–water partition coefficient (Wildman–Crippen LogP) is -1.04. The Labute approximate surface area is 627 Å². The van der Waals surface area contributed by atoms with Gasteiger partial charge in [-0.15, -0.1) is 0 Å². The molecule has 20 N–H and O–H groups in total. The van der Waals surface area contributed by atoms with Crippen LogP contribution < -0.4 is 16.0 Å². The van der Waals surface area contributed by atoms with E-state index < -0.39 is 235 Å². The summed E-state index contributed by atoms with van der Waals surface area (Å²) in [4.78, 5) is 52.0. The fourth-order valence-electron chi connectivity index (χ4n) is 14.2. The second-order valence-corrected chi connectivity index (χ2v) is 29.3. The van der Waals surface area contributed by atoms with Gasteiger partial charge in [0.15, 0.2) is 25.2 Å². The van der Waals surface area contributed by atoms with E-state index in [1.807, 2.05) is 6.08 Å². The number of amides is 3. The van der Waals surface area contributed by atoms with E-state index in [1.54, 1.807) is 6.08 Å². The van der Waals surface area contributed by atoms with Gasteiger partial charge in [0.25, 0.3) is 5.79 Å². The monoisotopic (exact) mass is 1550 g/mol. The quantitative estimate of drug-likeness (QED) is 0.0255. The lowest BCUT2D eigenvalue weighted by Gasteiger charge is -2.51. The number of carboxylic acid groups (broad SMARTS) is 1. The number of hydrogen-bond donors (Lipinski definition) is 20. The van der Waals surface area contributed by atoms with Crippen molar-refractivity contribution in [3.8, 4) is 0 Å². The van der Waals surface area contributed by atoms with Gasteiger partial charge >= 0.3 is 5.97 Å². The van der Waals surface area contributed by atoms with E-state index >= 15 is 0 Å². The summed E-state index contributed by atoms with van der Waals surface area (Å²) in [5.41, 5.74) is 0. The Morgan fingerprint density at radius 1 is 0.495 bits per heavy atom. The van der Waals surface area contributed by atoms with Crippen LogP contribution in [-0.2, 0) is 66.5 Å². The fourth-order valence-corrected chi connectivity index (χ4v) is 14.2. The second-order valence-electron chi connectivity index (χ2n) is 29.3. The second kappa shape index (κ2) is 49.9. The van der Waals surface area contributed by atoms with Crippen LogP contribution in [0.3, 0.4) is 0 Å². The number of carboxylic acids is 1. The van der Waals surface area contributed by atoms with Crippen LogP contribution >= 0.6 is 0 Å². The smallest absolute Gasteiger partial charge is 0.364 e. The number of hydrogen-bond acceptors (Lipinski definition) is 30. The van der Waals surface area contributed by atoms with E-state index in [0.717, 1.165) is 65.2 Å². The summed E-state index contributed by atoms with van der Waals surface area (Å²) in [6.07, 6.45) is -14.4. The lowest BCUT2D eigenvalue weighted by atomic mass is 9.88. The molecule has 0 radical (unpaired) electrons. The van der Waals surface area contributed by atoms with Crippen LogP contribution in [0.15, 0.2) is 12.2 Å². The molecule has 5 fully saturated rings. The summed E-state index contributed by atoms with van der Waals surface area (Å²) < 4.78 is 59.1. The maximum atomic E-state index is 13.5. The van der Waals surface area contributed by atoms with Crippen molar-refractivity contribution in [3.05, 3.63) is 12.2 Å². The number of rotatable bonds is 52. The molecule has 0 unspecified atom stereocenters. The highest BCUT2D eigenvalue weighted by Crippen LogP contribution is 2.38. The first-order chi connectivity index (χ1) is 51.2. The fraction of sp³-hybridized carbons (Fsp3) is 0.918. The highest BCUT2D eigenvalue weighted by Gasteiger charge is 2.60. The van der Waals surface area contributed by atoms with E-state index in [0.29, 0.717) is 12.8 Å². The zero-order chi connectivity index (χ0) is 78.8. The molecule has 0 spiro atoms. The molecule has 5 saturated heterocycles. The number of carbonyl (C=O) groups is 4. The molecular formula is C73H131N3O31. The van der Waals surface area contributed by atoms with Gasteiger partial charge in [-0.25, -0.2) is 4.79 Å². The number of aliphatic carboxylic acids is 1. The van der Waals surface area contributed by atoms with E-state index in [1.165, 1.54) is 109 Å². The van der Waals surface area contributed by atoms with Crippen LogP contribution in [0.25, 0.3) is 0 Å². The molecule has 0 bridgehead atoms. The van der Waals surface area contributed by atoms with Crippen molar-refractivity contribution in [1.82, 2.24) is 16.0 Å². The zero-order valence-electron chi connectivity index (χ0n) is 62.8. The van der Waals surface area contributed by atoms with Gasteiger partial charge in [0, 0.05) is 26.7 Å². The molecule has 0 aliphatic carbocycles. The Kier molecular flexibility index (Phi) is 44.0. The zero-order valence-corrected chi connectivity index (χ0v) is 62.8. The van der Waals surface area contributed by atoms with Gasteiger partial charge in [0.1, 0.15) is 116 Å². The van der Waals surface area contributed by atoms with E-state index in [9.17, 15) is 106 Å². The minimum absolute atomic E-state index is 0.168. The molecular weight excluding hydrogens is 1410 g/mol. The molecule has 624 valence electrons. The Bertz CT molecular complexity index is 2500. The molecule has 0 aromatic carbocycles. The average molecular weight is 1550 g/mol. The molecule has 0 saturated carbocycles. The lowest BCUT2D eigenvalue weighted by molar-refractivity contribution is -0.383. The number of carbonyl (C=O) groups excluding carboxylic acids is 3. The molecule has 34 nitrogen and oxygen atoms in total. The van der Waals surface area contributed by atoms with Crippen LogP contribution in [0.1, 0.15) is 214 Å². The average Bonchev–Trinajstić information content (AvgIpc) is 0.765. The van der Waals surface area contributed by atoms with Crippen molar-refractivity contribution in [2.45, 2.75) is 385 Å². The Hall–Kier alpha value is -3.42. The van der Waals surface area contributed by atoms with E-state index in [4.69, 9.17) is 47.4 Å². The molecule has 5 rings (SSSR count). The summed E-state index contributed by atoms with van der Waals surface area (Å²) in [6.45, 7) is 0.582. The van der Waals surface area contributed by atoms with Gasteiger partial charge in [-0.3, -0.25) is 14.4 Å². The summed E-state index contributed by atoms with van der Waals surface area (Å²) in [5.74, 6) is -7.18. The van der Waals surface area contributed by atoms with Gasteiger partial charge in [-0.1, -0.05) is 180 Å². The lowest BCUT2D eigenvalue weighted by Crippen LogP contribution is -2.71. The van der Waals surface area contributed by atoms with Crippen LogP contribution in [0.5, 0.6) is 0 Å². The van der Waals surface area contributed by atoms with E-state index in [-0.39, 0.29) is 12.3 Å². The Morgan fingerprint density at radius 3 is 1.41 bits per heavy atom. The largest absolute Gasteiger partial charge is 0.477 e. The topological polar surface area (TPSA) is 541 Å². The normalized spacial score (nSPS) is 34.6. The summed E-state index contributed by atoms with van der Waals surface area (Å²) in [5, 5.41) is 195. The number of allylic oxidation sites excluding steroid dienone is 1. The van der Waals surface area contributed by atoms with Crippen molar-refractivity contribution >= 4 is 23.7 Å². The maximum absolute atomic E-state index is 13.5. The third-order valence-electron chi connectivity index (χ3n) is 20.6. The number of aliphatic hydroxyl groups is 16. The van der Waals surface area contributed by atoms with Crippen molar-refractivity contribution in [2.24, 2.45) is 0 Å². The third-order valence-corrected chi connectivity index (χ3v) is 20.6. The highest BCUT2D eigenvalue weighted by atomic mass is 16.8. The first kappa shape index (κ1) is 94.2. The molecule has 28 atom stereocenters. The SMILES string of the molecule is CCCCCCCCCCCCC/C=C/[C@@H](O)[C@H](CO[C@@H]1O[C@H](CO)[C@@H](O[C@@H]2O[C@H](CO)[C@H](O[C@@H]3O[C@H](CO[C@]4(C(=O)O)C[C@H](O)[C@@H](NC(C)=O)[C@H]([C@H](O)[C@H](O)CO)O4)[C@H](O)[C@H](O[C@@H]4O[C@H](CO)[C@H](O)[C@H](O)[C@H]4O)[C@H]3NC(C)=O)[C@H](O)[C@H]2O)[C@H](O)[C@H]1O)NC(=O)CCCCCCCCCCCCCCCCC. The Balaban J connectivity index is 1.30. The number of ether oxygens (including phenoxy) is 10. The summed E-state index contributed by atoms with van der Waals surface area (Å²) in [6, 6.07) is -4.63. The first-order valence-electron chi connectivity index (χ1n) is 39.1. The van der Waals surface area contributed by atoms with Gasteiger partial charge in [-0.05, 0) is 19.3 Å². The van der Waals surface area contributed by atoms with Crippen molar-refractivity contribution in [2.75, 3.05) is 39.6 Å². The van der Waals surface area contributed by atoms with E-state index in [2.05, 4.69) is 29.8 Å². The van der Waals surface area contributed by atoms with Crippen molar-refractivity contribution in [1.29, 1.82) is 0 Å². The van der Waals surface area contributed by atoms with Crippen molar-refractivity contribution < 1.29 is 153 Å². The van der Waals surface area contributed by atoms with Gasteiger partial charge < -0.3 is 150 Å². The molecule has 3 amide bonds. The molecule has 5 heterocycles. The van der Waals surface area contributed by atoms with Crippen LogP contribution in [0, 0.1) is 0 Å². The van der Waals surface area contributed by atoms with Gasteiger partial charge in [0.2, 0.25) is 17.7 Å². The Morgan fingerprint density at radius 2 is 0.925 bits per heavy atom. The molecule has 34 heteroatoms. The minimum Gasteiger partial charge on any atom is -0.477 e. The number of nitrogens with one attached hydrogen (secondary N) is 3.